The summed E-state index contributed by atoms with van der Waals surface area (Å²) in [5, 5.41) is 56.9. The van der Waals surface area contributed by atoms with Crippen LogP contribution in [0, 0.1) is 0 Å². The number of nitrogens with one attached hydrogen (secondary N) is 1. The lowest BCUT2D eigenvalue weighted by Gasteiger charge is -2.41. The molecule has 6 N–H and O–H groups in total. The van der Waals surface area contributed by atoms with Crippen LogP contribution in [0.5, 0.6) is 0 Å². The molecule has 1 saturated heterocycles. The first-order valence-corrected chi connectivity index (χ1v) is 30.4. The summed E-state index contributed by atoms with van der Waals surface area (Å²) in [6.45, 7) is 5.62. The first-order chi connectivity index (χ1) is 36.7. The number of esters is 1. The van der Waals surface area contributed by atoms with E-state index in [1.165, 1.54) is 135 Å². The van der Waals surface area contributed by atoms with Crippen molar-refractivity contribution in [3.05, 3.63) is 85.1 Å². The van der Waals surface area contributed by atoms with Crippen molar-refractivity contribution >= 4 is 11.9 Å². The van der Waals surface area contributed by atoms with Gasteiger partial charge in [-0.3, -0.25) is 9.59 Å². The maximum absolute atomic E-state index is 13.4. The van der Waals surface area contributed by atoms with Crippen molar-refractivity contribution in [2.45, 2.75) is 294 Å². The van der Waals surface area contributed by atoms with Gasteiger partial charge >= 0.3 is 5.97 Å². The second-order valence-electron chi connectivity index (χ2n) is 20.9. The molecule has 8 unspecified atom stereocenters. The van der Waals surface area contributed by atoms with Gasteiger partial charge in [-0.2, -0.15) is 0 Å². The van der Waals surface area contributed by atoms with Crippen LogP contribution in [-0.2, 0) is 23.8 Å². The van der Waals surface area contributed by atoms with E-state index in [0.717, 1.165) is 64.2 Å². The molecule has 1 fully saturated rings. The highest BCUT2D eigenvalue weighted by molar-refractivity contribution is 5.80. The van der Waals surface area contributed by atoms with Gasteiger partial charge in [0.2, 0.25) is 5.91 Å². The van der Waals surface area contributed by atoms with Crippen LogP contribution in [0.1, 0.15) is 245 Å². The van der Waals surface area contributed by atoms with Crippen LogP contribution >= 0.6 is 0 Å². The first kappa shape index (κ1) is 69.9. The summed E-state index contributed by atoms with van der Waals surface area (Å²) in [5.74, 6) is -1.24. The highest BCUT2D eigenvalue weighted by atomic mass is 16.7. The molecule has 0 bridgehead atoms. The van der Waals surface area contributed by atoms with Crippen molar-refractivity contribution < 1.29 is 49.3 Å². The molecule has 1 amide bonds. The number of unbranched alkanes of at least 4 members (excludes halogenated alkanes) is 29. The molecule has 8 atom stereocenters. The number of ether oxygens (including phenoxy) is 3. The minimum absolute atomic E-state index is 0.118. The lowest BCUT2D eigenvalue weighted by Crippen LogP contribution is -2.61. The van der Waals surface area contributed by atoms with E-state index in [4.69, 9.17) is 14.2 Å². The zero-order valence-electron chi connectivity index (χ0n) is 47.6. The van der Waals surface area contributed by atoms with E-state index in [9.17, 15) is 35.1 Å². The number of amides is 1. The average Bonchev–Trinajstić information content (AvgIpc) is 3.41. The van der Waals surface area contributed by atoms with Gasteiger partial charge in [0.15, 0.2) is 12.4 Å². The fraction of sp³-hybridized carbons (Fsp3) is 0.750. The number of allylic oxidation sites excluding steroid dienone is 13. The third-order valence-electron chi connectivity index (χ3n) is 14.0. The van der Waals surface area contributed by atoms with Crippen LogP contribution in [0.25, 0.3) is 0 Å². The molecule has 11 heteroatoms. The third kappa shape index (κ3) is 39.8. The Balaban J connectivity index is 2.75. The van der Waals surface area contributed by atoms with Crippen molar-refractivity contribution in [3.8, 4) is 0 Å². The van der Waals surface area contributed by atoms with Gasteiger partial charge in [0.1, 0.15) is 24.4 Å². The molecule has 0 spiro atoms. The Bertz CT molecular complexity index is 1540. The molecule has 1 rings (SSSR count). The Morgan fingerprint density at radius 2 is 0.960 bits per heavy atom. The number of hydrogen-bond acceptors (Lipinski definition) is 10. The van der Waals surface area contributed by atoms with Crippen molar-refractivity contribution in [2.24, 2.45) is 0 Å². The smallest absolute Gasteiger partial charge is 0.306 e. The van der Waals surface area contributed by atoms with Gasteiger partial charge in [0.05, 0.1) is 25.4 Å². The maximum atomic E-state index is 13.4. The number of aliphatic hydroxyl groups excluding tert-OH is 5. The Kier molecular flexibility index (Phi) is 48.0. The van der Waals surface area contributed by atoms with Crippen molar-refractivity contribution in [2.75, 3.05) is 13.2 Å². The molecule has 75 heavy (non-hydrogen) atoms. The summed E-state index contributed by atoms with van der Waals surface area (Å²) in [7, 11) is 0. The first-order valence-electron chi connectivity index (χ1n) is 30.4. The molecule has 0 saturated carbocycles. The summed E-state index contributed by atoms with van der Waals surface area (Å²) in [5.41, 5.74) is 0. The van der Waals surface area contributed by atoms with Gasteiger partial charge in [-0.25, -0.2) is 0 Å². The summed E-state index contributed by atoms with van der Waals surface area (Å²) in [6, 6.07) is -1.05. The normalized spacial score (nSPS) is 19.8. The lowest BCUT2D eigenvalue weighted by atomic mass is 9.99. The van der Waals surface area contributed by atoms with Crippen molar-refractivity contribution in [1.82, 2.24) is 5.32 Å². The zero-order chi connectivity index (χ0) is 54.7. The van der Waals surface area contributed by atoms with Crippen LogP contribution in [0.4, 0.5) is 0 Å². The summed E-state index contributed by atoms with van der Waals surface area (Å²) < 4.78 is 17.6. The van der Waals surface area contributed by atoms with Gasteiger partial charge in [0.25, 0.3) is 0 Å². The Labute approximate surface area is 457 Å². The number of carbonyl (C=O) groups excluding carboxylic acids is 2. The van der Waals surface area contributed by atoms with E-state index in [2.05, 4.69) is 32.2 Å². The molecule has 1 heterocycles. The minimum Gasteiger partial charge on any atom is -0.454 e. The number of hydrogen-bond donors (Lipinski definition) is 6. The van der Waals surface area contributed by atoms with Crippen molar-refractivity contribution in [1.29, 1.82) is 0 Å². The zero-order valence-corrected chi connectivity index (χ0v) is 47.6. The predicted molar refractivity (Wildman–Crippen MR) is 310 cm³/mol. The maximum Gasteiger partial charge on any atom is 0.306 e. The highest BCUT2D eigenvalue weighted by Gasteiger charge is 2.47. The van der Waals surface area contributed by atoms with Gasteiger partial charge in [-0.05, 0) is 44.9 Å². The van der Waals surface area contributed by atoms with E-state index in [-0.39, 0.29) is 19.4 Å². The third-order valence-corrected chi connectivity index (χ3v) is 14.0. The van der Waals surface area contributed by atoms with E-state index in [1.807, 2.05) is 72.9 Å². The Morgan fingerprint density at radius 1 is 0.533 bits per heavy atom. The van der Waals surface area contributed by atoms with Crippen LogP contribution in [0.3, 0.4) is 0 Å². The Hall–Kier alpha value is -3.16. The fourth-order valence-electron chi connectivity index (χ4n) is 9.15. The quantitative estimate of drug-likeness (QED) is 0.0149. The van der Waals surface area contributed by atoms with E-state index in [0.29, 0.717) is 12.8 Å². The largest absolute Gasteiger partial charge is 0.454 e. The summed E-state index contributed by atoms with van der Waals surface area (Å²) in [4.78, 5) is 26.5. The molecule has 0 aromatic heterocycles. The standard InChI is InChI=1S/C64H111NO10/c1-4-7-10-13-16-19-22-25-27-29-31-34-37-40-43-46-49-52-59(69)75-62-61(71)60(70)58(53-66)74-64(62)73-54-55(56(67)50-47-44-41-38-35-32-24-21-18-15-12-9-6-3)65-63(72)57(68)51-48-45-42-39-36-33-30-28-26-23-20-17-14-11-8-5-2/h8,11,14,17,20,23,26,28,30,33,36,39,47,50,55-58,60-62,64,66-68,70-71H,4-7,9-10,12-13,15-16,18-19,21-22,24-25,27,29,31-32,34-35,37-38,40-46,48-49,51-54H2,1-3H3,(H,65,72)/b11-8-,17-14+,23-20+,28-26-,33-30+,39-36+,50-47+. The van der Waals surface area contributed by atoms with Crippen molar-refractivity contribution in [3.63, 3.8) is 0 Å². The number of carbonyl (C=O) groups is 2. The fourth-order valence-corrected chi connectivity index (χ4v) is 9.15. The molecule has 1 aliphatic heterocycles. The van der Waals surface area contributed by atoms with Crippen LogP contribution in [0.15, 0.2) is 85.1 Å². The average molecular weight is 1050 g/mol. The summed E-state index contributed by atoms with van der Waals surface area (Å²) >= 11 is 0. The molecule has 11 nitrogen and oxygen atoms in total. The lowest BCUT2D eigenvalue weighted by molar-refractivity contribution is -0.305. The van der Waals surface area contributed by atoms with Crippen LogP contribution in [-0.4, -0.2) is 99.6 Å². The second-order valence-corrected chi connectivity index (χ2v) is 20.9. The molecule has 0 aliphatic carbocycles. The SMILES string of the molecule is CC\C=C/C=C/C=C/C=C\C=C\C=C\CCCCC(O)C(=O)NC(COC1OC(CO)C(O)C(O)C1OC(=O)CCCCCCCCCCCCCCCCCCC)C(O)/C=C/CCCCCCCCCCCCC. The highest BCUT2D eigenvalue weighted by Crippen LogP contribution is 2.26. The van der Waals surface area contributed by atoms with Gasteiger partial charge < -0.3 is 45.1 Å². The summed E-state index contributed by atoms with van der Waals surface area (Å²) in [6.07, 6.45) is 56.2. The second kappa shape index (κ2) is 51.6. The topological polar surface area (TPSA) is 175 Å². The van der Waals surface area contributed by atoms with E-state index in [1.54, 1.807) is 6.08 Å². The van der Waals surface area contributed by atoms with Crippen LogP contribution < -0.4 is 5.32 Å². The van der Waals surface area contributed by atoms with E-state index >= 15 is 0 Å². The molecule has 0 aromatic carbocycles. The number of aliphatic hydroxyl groups is 5. The number of rotatable bonds is 50. The van der Waals surface area contributed by atoms with Gasteiger partial charge in [-0.15, -0.1) is 0 Å². The molecular formula is C64H111NO10. The van der Waals surface area contributed by atoms with E-state index < -0.39 is 67.4 Å². The molecule has 432 valence electrons. The predicted octanol–water partition coefficient (Wildman–Crippen LogP) is 14.2. The minimum atomic E-state index is -1.62. The monoisotopic (exact) mass is 1050 g/mol. The molecule has 0 aromatic rings. The van der Waals surface area contributed by atoms with Gasteiger partial charge in [-0.1, -0.05) is 279 Å². The molecule has 1 aliphatic rings. The van der Waals surface area contributed by atoms with Gasteiger partial charge in [0, 0.05) is 6.42 Å². The van der Waals surface area contributed by atoms with Crippen LogP contribution in [0.2, 0.25) is 0 Å². The Morgan fingerprint density at radius 3 is 1.44 bits per heavy atom. The molecule has 0 radical (unpaired) electrons. The molecular weight excluding hydrogens is 943 g/mol.